The standard InChI is InChI=1S/C13H17BrClNO/c14-10-1-2-12(15)11(8-10)13(16)7-9-3-5-17-6-4-9/h1-2,8-9,13H,3-7,16H2. The highest BCUT2D eigenvalue weighted by Gasteiger charge is 2.19. The van der Waals surface area contributed by atoms with Gasteiger partial charge in [-0.2, -0.15) is 0 Å². The average Bonchev–Trinajstić information content (AvgIpc) is 2.33. The normalized spacial score (nSPS) is 19.2. The summed E-state index contributed by atoms with van der Waals surface area (Å²) < 4.78 is 6.38. The van der Waals surface area contributed by atoms with Crippen molar-refractivity contribution >= 4 is 27.5 Å². The van der Waals surface area contributed by atoms with Crippen LogP contribution in [0.15, 0.2) is 22.7 Å². The molecule has 1 aromatic rings. The van der Waals surface area contributed by atoms with E-state index in [-0.39, 0.29) is 6.04 Å². The van der Waals surface area contributed by atoms with Crippen LogP contribution in [0.3, 0.4) is 0 Å². The van der Waals surface area contributed by atoms with Gasteiger partial charge in [-0.3, -0.25) is 0 Å². The van der Waals surface area contributed by atoms with Crippen LogP contribution >= 0.6 is 27.5 Å². The summed E-state index contributed by atoms with van der Waals surface area (Å²) in [6.45, 7) is 1.73. The molecule has 4 heteroatoms. The molecule has 1 saturated heterocycles. The Bertz CT molecular complexity index is 380. The number of halogens is 2. The minimum absolute atomic E-state index is 0.0168. The first kappa shape index (κ1) is 13.3. The maximum Gasteiger partial charge on any atom is 0.0468 e. The maximum absolute atomic E-state index is 6.25. The molecule has 1 heterocycles. The summed E-state index contributed by atoms with van der Waals surface area (Å²) in [4.78, 5) is 0. The summed E-state index contributed by atoms with van der Waals surface area (Å²) in [6.07, 6.45) is 3.21. The van der Waals surface area contributed by atoms with E-state index in [2.05, 4.69) is 15.9 Å². The molecule has 2 rings (SSSR count). The molecule has 1 unspecified atom stereocenters. The van der Waals surface area contributed by atoms with Crippen LogP contribution in [0.2, 0.25) is 5.02 Å². The Labute approximate surface area is 116 Å². The van der Waals surface area contributed by atoms with Gasteiger partial charge in [-0.1, -0.05) is 27.5 Å². The third-order valence-corrected chi connectivity index (χ3v) is 4.12. The number of hydrogen-bond donors (Lipinski definition) is 1. The molecule has 0 spiro atoms. The summed E-state index contributed by atoms with van der Waals surface area (Å²) >= 11 is 9.64. The van der Waals surface area contributed by atoms with Gasteiger partial charge in [0.25, 0.3) is 0 Å². The lowest BCUT2D eigenvalue weighted by molar-refractivity contribution is 0.0618. The van der Waals surface area contributed by atoms with E-state index in [0.717, 1.165) is 47.5 Å². The van der Waals surface area contributed by atoms with Crippen molar-refractivity contribution in [3.8, 4) is 0 Å². The fourth-order valence-corrected chi connectivity index (χ4v) is 2.90. The number of ether oxygens (including phenoxy) is 1. The highest BCUT2D eigenvalue weighted by atomic mass is 79.9. The SMILES string of the molecule is NC(CC1CCOCC1)c1cc(Br)ccc1Cl. The first-order chi connectivity index (χ1) is 8.16. The molecule has 94 valence electrons. The van der Waals surface area contributed by atoms with E-state index in [1.54, 1.807) is 0 Å². The molecule has 0 aliphatic carbocycles. The van der Waals surface area contributed by atoms with E-state index in [0.29, 0.717) is 5.92 Å². The van der Waals surface area contributed by atoms with Gasteiger partial charge in [0.1, 0.15) is 0 Å². The van der Waals surface area contributed by atoms with Crippen molar-refractivity contribution < 1.29 is 4.74 Å². The smallest absolute Gasteiger partial charge is 0.0468 e. The van der Waals surface area contributed by atoms with Gasteiger partial charge in [0.15, 0.2) is 0 Å². The summed E-state index contributed by atoms with van der Waals surface area (Å²) in [5, 5.41) is 0.757. The molecule has 0 bridgehead atoms. The summed E-state index contributed by atoms with van der Waals surface area (Å²) in [6, 6.07) is 5.87. The highest BCUT2D eigenvalue weighted by Crippen LogP contribution is 2.31. The molecule has 2 N–H and O–H groups in total. The zero-order valence-corrected chi connectivity index (χ0v) is 12.0. The monoisotopic (exact) mass is 317 g/mol. The fraction of sp³-hybridized carbons (Fsp3) is 0.538. The molecule has 0 saturated carbocycles. The second-order valence-corrected chi connectivity index (χ2v) is 5.89. The van der Waals surface area contributed by atoms with Crippen molar-refractivity contribution in [3.05, 3.63) is 33.3 Å². The molecule has 17 heavy (non-hydrogen) atoms. The van der Waals surface area contributed by atoms with E-state index < -0.39 is 0 Å². The molecular weight excluding hydrogens is 302 g/mol. The molecular formula is C13H17BrClNO. The zero-order valence-electron chi connectivity index (χ0n) is 9.66. The van der Waals surface area contributed by atoms with E-state index in [1.165, 1.54) is 0 Å². The zero-order chi connectivity index (χ0) is 12.3. The van der Waals surface area contributed by atoms with Crippen molar-refractivity contribution in [2.75, 3.05) is 13.2 Å². The number of rotatable bonds is 3. The van der Waals surface area contributed by atoms with Crippen LogP contribution in [0.25, 0.3) is 0 Å². The maximum atomic E-state index is 6.25. The van der Waals surface area contributed by atoms with Gasteiger partial charge in [0.2, 0.25) is 0 Å². The first-order valence-electron chi connectivity index (χ1n) is 5.95. The Hall–Kier alpha value is -0.0900. The lowest BCUT2D eigenvalue weighted by Crippen LogP contribution is -2.21. The predicted octanol–water partition coefficient (Wildman–Crippen LogP) is 3.92. The molecule has 0 radical (unpaired) electrons. The second-order valence-electron chi connectivity index (χ2n) is 4.56. The van der Waals surface area contributed by atoms with Crippen LogP contribution in [0.5, 0.6) is 0 Å². The van der Waals surface area contributed by atoms with Crippen LogP contribution in [0, 0.1) is 5.92 Å². The Balaban J connectivity index is 2.02. The quantitative estimate of drug-likeness (QED) is 0.917. The van der Waals surface area contributed by atoms with E-state index in [1.807, 2.05) is 18.2 Å². The topological polar surface area (TPSA) is 35.2 Å². The van der Waals surface area contributed by atoms with Crippen LogP contribution < -0.4 is 5.73 Å². The largest absolute Gasteiger partial charge is 0.381 e. The lowest BCUT2D eigenvalue weighted by atomic mass is 9.90. The van der Waals surface area contributed by atoms with Gasteiger partial charge in [0.05, 0.1) is 0 Å². The van der Waals surface area contributed by atoms with Crippen molar-refractivity contribution in [2.24, 2.45) is 11.7 Å². The Kier molecular flexibility index (Phi) is 4.86. The number of hydrogen-bond acceptors (Lipinski definition) is 2. The summed E-state index contributed by atoms with van der Waals surface area (Å²) in [5.41, 5.74) is 7.28. The van der Waals surface area contributed by atoms with Crippen molar-refractivity contribution in [3.63, 3.8) is 0 Å². The van der Waals surface area contributed by atoms with Crippen LogP contribution in [-0.4, -0.2) is 13.2 Å². The van der Waals surface area contributed by atoms with E-state index in [4.69, 9.17) is 22.1 Å². The van der Waals surface area contributed by atoms with E-state index in [9.17, 15) is 0 Å². The predicted molar refractivity (Wildman–Crippen MR) is 74.2 cm³/mol. The Morgan fingerprint density at radius 1 is 1.41 bits per heavy atom. The average molecular weight is 319 g/mol. The Morgan fingerprint density at radius 2 is 2.12 bits per heavy atom. The van der Waals surface area contributed by atoms with Gasteiger partial charge in [-0.15, -0.1) is 0 Å². The number of nitrogens with two attached hydrogens (primary N) is 1. The molecule has 1 fully saturated rings. The van der Waals surface area contributed by atoms with Crippen LogP contribution in [-0.2, 0) is 4.74 Å². The van der Waals surface area contributed by atoms with Gasteiger partial charge in [-0.25, -0.2) is 0 Å². The molecule has 0 amide bonds. The molecule has 0 aromatic heterocycles. The minimum atomic E-state index is 0.0168. The number of benzene rings is 1. The molecule has 2 nitrogen and oxygen atoms in total. The second kappa shape index (κ2) is 6.19. The molecule has 1 aliphatic heterocycles. The molecule has 1 aliphatic rings. The Morgan fingerprint density at radius 3 is 2.82 bits per heavy atom. The van der Waals surface area contributed by atoms with Gasteiger partial charge in [-0.05, 0) is 48.9 Å². The van der Waals surface area contributed by atoms with E-state index >= 15 is 0 Å². The summed E-state index contributed by atoms with van der Waals surface area (Å²) in [5.74, 6) is 0.661. The summed E-state index contributed by atoms with van der Waals surface area (Å²) in [7, 11) is 0. The van der Waals surface area contributed by atoms with Crippen molar-refractivity contribution in [1.82, 2.24) is 0 Å². The van der Waals surface area contributed by atoms with Crippen molar-refractivity contribution in [2.45, 2.75) is 25.3 Å². The fourth-order valence-electron chi connectivity index (χ4n) is 2.27. The van der Waals surface area contributed by atoms with Gasteiger partial charge in [0, 0.05) is 28.8 Å². The molecule has 1 aromatic carbocycles. The lowest BCUT2D eigenvalue weighted by Gasteiger charge is -2.25. The molecule has 1 atom stereocenters. The third kappa shape index (κ3) is 3.68. The van der Waals surface area contributed by atoms with Gasteiger partial charge >= 0.3 is 0 Å². The van der Waals surface area contributed by atoms with Crippen LogP contribution in [0.1, 0.15) is 30.9 Å². The van der Waals surface area contributed by atoms with Crippen LogP contribution in [0.4, 0.5) is 0 Å². The van der Waals surface area contributed by atoms with Gasteiger partial charge < -0.3 is 10.5 Å². The first-order valence-corrected chi connectivity index (χ1v) is 7.12. The third-order valence-electron chi connectivity index (χ3n) is 3.29. The minimum Gasteiger partial charge on any atom is -0.381 e. The highest BCUT2D eigenvalue weighted by molar-refractivity contribution is 9.10. The van der Waals surface area contributed by atoms with Crippen molar-refractivity contribution in [1.29, 1.82) is 0 Å².